The van der Waals surface area contributed by atoms with E-state index in [4.69, 9.17) is 15.2 Å². The molecule has 0 amide bonds. The largest absolute Gasteiger partial charge is 0.514 e. The minimum absolute atomic E-state index is 0.0697. The van der Waals surface area contributed by atoms with Gasteiger partial charge in [-0.2, -0.15) is 13.2 Å². The summed E-state index contributed by atoms with van der Waals surface area (Å²) in [5.74, 6) is 0.0697. The molecule has 188 valence electrons. The second-order valence-electron chi connectivity index (χ2n) is 8.61. The highest BCUT2D eigenvalue weighted by atomic mass is 19.4. The van der Waals surface area contributed by atoms with Crippen molar-refractivity contribution in [1.82, 2.24) is 4.90 Å². The fraction of sp³-hybridized carbons (Fsp3) is 0.292. The van der Waals surface area contributed by atoms with E-state index in [0.717, 1.165) is 12.1 Å². The summed E-state index contributed by atoms with van der Waals surface area (Å²) in [5.41, 5.74) is 5.12. The van der Waals surface area contributed by atoms with Crippen molar-refractivity contribution in [2.45, 2.75) is 33.1 Å². The van der Waals surface area contributed by atoms with Crippen LogP contribution < -0.4 is 10.5 Å². The van der Waals surface area contributed by atoms with Gasteiger partial charge in [-0.05, 0) is 36.0 Å². The molecule has 11 heteroatoms. The maximum Gasteiger partial charge on any atom is 0.514 e. The van der Waals surface area contributed by atoms with Crippen molar-refractivity contribution in [3.8, 4) is 5.75 Å². The van der Waals surface area contributed by atoms with Gasteiger partial charge in [-0.25, -0.2) is 4.79 Å². The van der Waals surface area contributed by atoms with Crippen molar-refractivity contribution in [3.63, 3.8) is 0 Å². The molecule has 8 nitrogen and oxygen atoms in total. The average molecular weight is 493 g/mol. The van der Waals surface area contributed by atoms with Crippen LogP contribution in [0.3, 0.4) is 0 Å². The molecule has 0 saturated carbocycles. The predicted octanol–water partition coefficient (Wildman–Crippen LogP) is 5.95. The van der Waals surface area contributed by atoms with E-state index < -0.39 is 34.3 Å². The van der Waals surface area contributed by atoms with Crippen molar-refractivity contribution >= 4 is 17.5 Å². The topological polar surface area (TPSA) is 108 Å². The Bertz CT molecular complexity index is 1080. The van der Waals surface area contributed by atoms with Gasteiger partial charge in [-0.3, -0.25) is 10.1 Å². The summed E-state index contributed by atoms with van der Waals surface area (Å²) >= 11 is 0. The van der Waals surface area contributed by atoms with E-state index in [1.165, 1.54) is 48.8 Å². The number of halogens is 3. The van der Waals surface area contributed by atoms with E-state index in [1.54, 1.807) is 4.90 Å². The molecule has 0 heterocycles. The highest BCUT2D eigenvalue weighted by molar-refractivity contribution is 5.64. The number of carbonyl (C=O) groups excluding carboxylic acids is 1. The minimum Gasteiger partial charge on any atom is -0.428 e. The molecule has 0 radical (unpaired) electrons. The number of hydrogen-bond donors (Lipinski definition) is 1. The highest BCUT2D eigenvalue weighted by Gasteiger charge is 2.31. The molecule has 0 bridgehead atoms. The first-order valence-corrected chi connectivity index (χ1v) is 10.4. The second kappa shape index (κ2) is 10.9. The quantitative estimate of drug-likeness (QED) is 0.210. The summed E-state index contributed by atoms with van der Waals surface area (Å²) < 4.78 is 49.0. The van der Waals surface area contributed by atoms with Gasteiger partial charge in [-0.1, -0.05) is 39.5 Å². The van der Waals surface area contributed by atoms with Gasteiger partial charge < -0.3 is 20.1 Å². The van der Waals surface area contributed by atoms with Crippen molar-refractivity contribution in [2.24, 2.45) is 11.1 Å². The molecule has 0 aliphatic carbocycles. The number of hydrogen-bond acceptors (Lipinski definition) is 7. The molecule has 2 aromatic carbocycles. The third-order valence-corrected chi connectivity index (χ3v) is 4.91. The van der Waals surface area contributed by atoms with Crippen LogP contribution in [0, 0.1) is 15.5 Å². The zero-order chi connectivity index (χ0) is 26.4. The van der Waals surface area contributed by atoms with Gasteiger partial charge >= 0.3 is 12.3 Å². The summed E-state index contributed by atoms with van der Waals surface area (Å²) in [6.07, 6.45) is -3.28. The Morgan fingerprint density at radius 2 is 1.71 bits per heavy atom. The van der Waals surface area contributed by atoms with E-state index >= 15 is 0 Å². The van der Waals surface area contributed by atoms with Crippen LogP contribution in [0.25, 0.3) is 5.70 Å². The lowest BCUT2D eigenvalue weighted by Gasteiger charge is -2.33. The number of benzene rings is 2. The lowest BCUT2D eigenvalue weighted by atomic mass is 9.88. The SMILES string of the molecule is C=CN(/C=C(\N)c1ccc(C(F)(F)F)cc1)C[C@@H](OC(=O)Oc1ccc([N+](=O)[O-])cc1)C(C)(C)C. The lowest BCUT2D eigenvalue weighted by Crippen LogP contribution is -2.40. The van der Waals surface area contributed by atoms with Crippen molar-refractivity contribution < 1.29 is 32.4 Å². The van der Waals surface area contributed by atoms with Crippen molar-refractivity contribution in [2.75, 3.05) is 6.54 Å². The summed E-state index contributed by atoms with van der Waals surface area (Å²) in [4.78, 5) is 24.1. The van der Waals surface area contributed by atoms with Crippen LogP contribution in [0.1, 0.15) is 31.9 Å². The molecule has 0 unspecified atom stereocenters. The van der Waals surface area contributed by atoms with Gasteiger partial charge in [0, 0.05) is 23.7 Å². The standard InChI is InChI=1S/C24H26F3N3O5/c1-5-29(14-20(28)16-6-8-17(9-7-16)24(25,26)27)15-21(23(2,3)4)35-22(31)34-19-12-10-18(11-13-19)30(32)33/h5-14,21H,1,15,28H2,2-4H3/b20-14-/t21-/m1/s1. The first kappa shape index (κ1) is 27.2. The Kier molecular flexibility index (Phi) is 8.51. The van der Waals surface area contributed by atoms with Gasteiger partial charge in [-0.15, -0.1) is 0 Å². The maximum absolute atomic E-state index is 12.8. The van der Waals surface area contributed by atoms with Gasteiger partial charge in [0.05, 0.1) is 22.7 Å². The van der Waals surface area contributed by atoms with Crippen LogP contribution in [0.4, 0.5) is 23.7 Å². The number of nitrogens with two attached hydrogens (primary N) is 1. The van der Waals surface area contributed by atoms with Gasteiger partial charge in [0.1, 0.15) is 11.9 Å². The molecular weight excluding hydrogens is 467 g/mol. The number of nitro benzene ring substituents is 1. The first-order valence-electron chi connectivity index (χ1n) is 10.4. The van der Waals surface area contributed by atoms with Crippen molar-refractivity contribution in [3.05, 3.63) is 88.8 Å². The maximum atomic E-state index is 12.8. The molecule has 0 aliphatic rings. The number of non-ortho nitro benzene ring substituents is 1. The van der Waals surface area contributed by atoms with Crippen LogP contribution in [0.5, 0.6) is 5.75 Å². The molecular formula is C24H26F3N3O5. The molecule has 0 spiro atoms. The van der Waals surface area contributed by atoms with Gasteiger partial charge in [0.2, 0.25) is 0 Å². The van der Waals surface area contributed by atoms with Gasteiger partial charge in [0.15, 0.2) is 0 Å². The van der Waals surface area contributed by atoms with E-state index in [2.05, 4.69) is 6.58 Å². The van der Waals surface area contributed by atoms with Crippen LogP contribution >= 0.6 is 0 Å². The number of ether oxygens (including phenoxy) is 2. The average Bonchev–Trinajstić information content (AvgIpc) is 2.77. The molecule has 0 aliphatic heterocycles. The zero-order valence-electron chi connectivity index (χ0n) is 19.4. The number of carbonyl (C=O) groups is 1. The minimum atomic E-state index is -4.45. The summed E-state index contributed by atoms with van der Waals surface area (Å²) in [5, 5.41) is 10.7. The Labute approximate surface area is 200 Å². The second-order valence-corrected chi connectivity index (χ2v) is 8.61. The monoisotopic (exact) mass is 493 g/mol. The van der Waals surface area contributed by atoms with E-state index in [1.807, 2.05) is 20.8 Å². The Morgan fingerprint density at radius 1 is 1.14 bits per heavy atom. The molecule has 0 saturated heterocycles. The van der Waals surface area contributed by atoms with E-state index in [0.29, 0.717) is 5.56 Å². The first-order chi connectivity index (χ1) is 16.2. The fourth-order valence-electron chi connectivity index (χ4n) is 2.84. The molecule has 0 fully saturated rings. The molecule has 35 heavy (non-hydrogen) atoms. The normalized spacial score (nSPS) is 13.0. The number of rotatable bonds is 8. The predicted molar refractivity (Wildman–Crippen MR) is 124 cm³/mol. The van der Waals surface area contributed by atoms with Crippen LogP contribution in [0.15, 0.2) is 67.5 Å². The Hall–Kier alpha value is -4.02. The molecule has 1 atom stereocenters. The highest BCUT2D eigenvalue weighted by Crippen LogP contribution is 2.30. The van der Waals surface area contributed by atoms with Crippen molar-refractivity contribution in [1.29, 1.82) is 0 Å². The van der Waals surface area contributed by atoms with Crippen LogP contribution in [0.2, 0.25) is 0 Å². The number of nitrogens with zero attached hydrogens (tertiary/aromatic N) is 2. The zero-order valence-corrected chi connectivity index (χ0v) is 19.4. The summed E-state index contributed by atoms with van der Waals surface area (Å²) in [7, 11) is 0. The smallest absolute Gasteiger partial charge is 0.428 e. The Morgan fingerprint density at radius 3 is 2.17 bits per heavy atom. The molecule has 2 N–H and O–H groups in total. The fourth-order valence-corrected chi connectivity index (χ4v) is 2.84. The third-order valence-electron chi connectivity index (χ3n) is 4.91. The van der Waals surface area contributed by atoms with Gasteiger partial charge in [0.25, 0.3) is 5.69 Å². The van der Waals surface area contributed by atoms with E-state index in [9.17, 15) is 28.1 Å². The molecule has 0 aromatic heterocycles. The van der Waals surface area contributed by atoms with E-state index in [-0.39, 0.29) is 23.7 Å². The molecule has 2 rings (SSSR count). The summed E-state index contributed by atoms with van der Waals surface area (Å²) in [6, 6.07) is 9.32. The summed E-state index contributed by atoms with van der Waals surface area (Å²) in [6.45, 7) is 9.33. The van der Waals surface area contributed by atoms with Crippen LogP contribution in [-0.2, 0) is 10.9 Å². The Balaban J connectivity index is 2.12. The number of nitro groups is 1. The third kappa shape index (κ3) is 8.05. The van der Waals surface area contributed by atoms with Crippen LogP contribution in [-0.4, -0.2) is 28.6 Å². The lowest BCUT2D eigenvalue weighted by molar-refractivity contribution is -0.384. The number of alkyl halides is 3. The molecule has 2 aromatic rings.